The molecule has 0 saturated carbocycles. The van der Waals surface area contributed by atoms with Crippen LogP contribution in [0.25, 0.3) is 0 Å². The number of carbonyl (C=O) groups excluding carboxylic acids is 1. The van der Waals surface area contributed by atoms with Gasteiger partial charge in [-0.15, -0.1) is 0 Å². The average Bonchev–Trinajstić information content (AvgIpc) is 2.08. The highest BCUT2D eigenvalue weighted by molar-refractivity contribution is 14.1. The fourth-order valence-corrected chi connectivity index (χ4v) is 1.20. The van der Waals surface area contributed by atoms with E-state index in [4.69, 9.17) is 0 Å². The molecule has 1 rings (SSSR count). The molecule has 0 unspecified atom stereocenters. The Hall–Kier alpha value is -0.650. The first kappa shape index (κ1) is 10.4. The minimum atomic E-state index is 0.0681. The predicted octanol–water partition coefficient (Wildman–Crippen LogP) is 1.66. The summed E-state index contributed by atoms with van der Waals surface area (Å²) in [5.41, 5.74) is 1.05. The van der Waals surface area contributed by atoms with Crippen LogP contribution < -0.4 is 0 Å². The number of hydrogen-bond acceptors (Lipinski definition) is 2. The van der Waals surface area contributed by atoms with Crippen LogP contribution in [-0.4, -0.2) is 22.8 Å². The van der Waals surface area contributed by atoms with Gasteiger partial charge in [-0.25, -0.2) is 4.98 Å². The zero-order valence-corrected chi connectivity index (χ0v) is 9.78. The Morgan fingerprint density at radius 3 is 2.77 bits per heavy atom. The fraction of sp³-hybridized carbons (Fsp3) is 0.333. The van der Waals surface area contributed by atoms with Crippen molar-refractivity contribution in [3.8, 4) is 0 Å². The van der Waals surface area contributed by atoms with Crippen molar-refractivity contribution in [3.63, 3.8) is 0 Å². The lowest BCUT2D eigenvalue weighted by Gasteiger charge is -2.14. The van der Waals surface area contributed by atoms with E-state index in [-0.39, 0.29) is 5.91 Å². The topological polar surface area (TPSA) is 33.2 Å². The summed E-state index contributed by atoms with van der Waals surface area (Å²) in [5.74, 6) is 0.0681. The third-order valence-corrected chi connectivity index (χ3v) is 2.38. The van der Waals surface area contributed by atoms with E-state index in [1.165, 1.54) is 0 Å². The highest BCUT2D eigenvalue weighted by Crippen LogP contribution is 2.05. The lowest BCUT2D eigenvalue weighted by molar-refractivity contribution is -0.128. The molecular formula is C9H11IN2O. The Morgan fingerprint density at radius 1 is 1.62 bits per heavy atom. The van der Waals surface area contributed by atoms with E-state index in [9.17, 15) is 4.79 Å². The van der Waals surface area contributed by atoms with Gasteiger partial charge in [0, 0.05) is 26.7 Å². The van der Waals surface area contributed by atoms with E-state index in [0.717, 1.165) is 9.26 Å². The zero-order valence-electron chi connectivity index (χ0n) is 7.62. The van der Waals surface area contributed by atoms with Crippen LogP contribution in [0.3, 0.4) is 0 Å². The third-order valence-electron chi connectivity index (χ3n) is 1.75. The van der Waals surface area contributed by atoms with Gasteiger partial charge < -0.3 is 4.90 Å². The Kier molecular flexibility index (Phi) is 3.65. The summed E-state index contributed by atoms with van der Waals surface area (Å²) in [5, 5.41) is 0. The van der Waals surface area contributed by atoms with Gasteiger partial charge in [0.05, 0.1) is 0 Å². The Labute approximate surface area is 91.3 Å². The number of aromatic nitrogens is 1. The normalized spacial score (nSPS) is 9.77. The van der Waals surface area contributed by atoms with Gasteiger partial charge in [-0.3, -0.25) is 4.79 Å². The van der Waals surface area contributed by atoms with Crippen LogP contribution >= 0.6 is 22.6 Å². The van der Waals surface area contributed by atoms with Crippen molar-refractivity contribution >= 4 is 28.5 Å². The van der Waals surface area contributed by atoms with Crippen molar-refractivity contribution in [2.45, 2.75) is 13.5 Å². The van der Waals surface area contributed by atoms with E-state index >= 15 is 0 Å². The predicted molar refractivity (Wildman–Crippen MR) is 59.1 cm³/mol. The highest BCUT2D eigenvalue weighted by atomic mass is 127. The lowest BCUT2D eigenvalue weighted by atomic mass is 10.3. The molecular weight excluding hydrogens is 279 g/mol. The van der Waals surface area contributed by atoms with Gasteiger partial charge in [-0.05, 0) is 34.2 Å². The molecule has 13 heavy (non-hydrogen) atoms. The monoisotopic (exact) mass is 290 g/mol. The fourth-order valence-electron chi connectivity index (χ4n) is 0.885. The molecule has 0 bridgehead atoms. The molecule has 0 aliphatic carbocycles. The summed E-state index contributed by atoms with van der Waals surface area (Å²) in [6, 6.07) is 3.91. The van der Waals surface area contributed by atoms with Gasteiger partial charge in [-0.2, -0.15) is 0 Å². The molecule has 3 nitrogen and oxygen atoms in total. The van der Waals surface area contributed by atoms with Crippen molar-refractivity contribution in [1.29, 1.82) is 0 Å². The number of hydrogen-bond donors (Lipinski definition) is 0. The third kappa shape index (κ3) is 3.30. The van der Waals surface area contributed by atoms with Crippen LogP contribution in [0.1, 0.15) is 12.5 Å². The van der Waals surface area contributed by atoms with Crippen molar-refractivity contribution < 1.29 is 4.79 Å². The maximum atomic E-state index is 10.9. The summed E-state index contributed by atoms with van der Waals surface area (Å²) in [7, 11) is 1.78. The number of nitrogens with zero attached hydrogens (tertiary/aromatic N) is 2. The van der Waals surface area contributed by atoms with Crippen LogP contribution in [0.5, 0.6) is 0 Å². The van der Waals surface area contributed by atoms with E-state index in [1.54, 1.807) is 25.1 Å². The summed E-state index contributed by atoms with van der Waals surface area (Å²) >= 11 is 2.15. The van der Waals surface area contributed by atoms with Crippen LogP contribution in [0.2, 0.25) is 0 Å². The van der Waals surface area contributed by atoms with Crippen LogP contribution in [0, 0.1) is 3.70 Å². The van der Waals surface area contributed by atoms with Crippen molar-refractivity contribution in [2.75, 3.05) is 7.05 Å². The first-order valence-electron chi connectivity index (χ1n) is 3.91. The molecule has 1 aromatic heterocycles. The molecule has 1 heterocycles. The van der Waals surface area contributed by atoms with Crippen LogP contribution in [0.4, 0.5) is 0 Å². The summed E-state index contributed by atoms with van der Waals surface area (Å²) in [6.07, 6.45) is 1.79. The van der Waals surface area contributed by atoms with Crippen molar-refractivity contribution in [1.82, 2.24) is 9.88 Å². The number of rotatable bonds is 2. The molecule has 0 atom stereocenters. The largest absolute Gasteiger partial charge is 0.342 e. The van der Waals surface area contributed by atoms with Gasteiger partial charge in [0.2, 0.25) is 5.91 Å². The minimum absolute atomic E-state index is 0.0681. The van der Waals surface area contributed by atoms with E-state index in [1.807, 2.05) is 12.1 Å². The first-order chi connectivity index (χ1) is 6.09. The molecule has 0 aliphatic heterocycles. The number of pyridine rings is 1. The molecule has 0 fully saturated rings. The van der Waals surface area contributed by atoms with Crippen molar-refractivity contribution in [3.05, 3.63) is 27.6 Å². The molecule has 1 aromatic rings. The second-order valence-corrected chi connectivity index (χ2v) is 3.97. The quantitative estimate of drug-likeness (QED) is 0.613. The smallest absolute Gasteiger partial charge is 0.219 e. The Morgan fingerprint density at radius 2 is 2.31 bits per heavy atom. The van der Waals surface area contributed by atoms with Gasteiger partial charge in [0.1, 0.15) is 3.70 Å². The molecule has 0 saturated heterocycles. The zero-order chi connectivity index (χ0) is 9.84. The summed E-state index contributed by atoms with van der Waals surface area (Å²) < 4.78 is 0.965. The highest BCUT2D eigenvalue weighted by Gasteiger charge is 2.02. The van der Waals surface area contributed by atoms with Gasteiger partial charge in [-0.1, -0.05) is 6.07 Å². The molecule has 0 N–H and O–H groups in total. The molecule has 70 valence electrons. The molecule has 0 aromatic carbocycles. The van der Waals surface area contributed by atoms with Crippen LogP contribution in [0.15, 0.2) is 18.3 Å². The molecule has 1 amide bonds. The molecule has 0 radical (unpaired) electrons. The summed E-state index contributed by atoms with van der Waals surface area (Å²) in [4.78, 5) is 16.7. The standard InChI is InChI=1S/C9H11IN2O/c1-7(13)12(2)6-8-3-4-9(10)11-5-8/h3-5H,6H2,1-2H3. The second-order valence-electron chi connectivity index (χ2n) is 2.86. The molecule has 4 heteroatoms. The molecule has 0 spiro atoms. The minimum Gasteiger partial charge on any atom is -0.342 e. The second kappa shape index (κ2) is 4.55. The number of carbonyl (C=O) groups is 1. The number of halogens is 1. The lowest BCUT2D eigenvalue weighted by Crippen LogP contribution is -2.23. The van der Waals surface area contributed by atoms with Gasteiger partial charge in [0.25, 0.3) is 0 Å². The van der Waals surface area contributed by atoms with Crippen LogP contribution in [-0.2, 0) is 11.3 Å². The maximum Gasteiger partial charge on any atom is 0.219 e. The summed E-state index contributed by atoms with van der Waals surface area (Å²) in [6.45, 7) is 2.18. The number of amides is 1. The Balaban J connectivity index is 2.64. The van der Waals surface area contributed by atoms with Gasteiger partial charge in [0.15, 0.2) is 0 Å². The van der Waals surface area contributed by atoms with E-state index in [0.29, 0.717) is 6.54 Å². The van der Waals surface area contributed by atoms with Gasteiger partial charge >= 0.3 is 0 Å². The van der Waals surface area contributed by atoms with E-state index < -0.39 is 0 Å². The Bertz CT molecular complexity index is 297. The maximum absolute atomic E-state index is 10.9. The van der Waals surface area contributed by atoms with Crippen molar-refractivity contribution in [2.24, 2.45) is 0 Å². The SMILES string of the molecule is CC(=O)N(C)Cc1ccc(I)nc1. The van der Waals surface area contributed by atoms with E-state index in [2.05, 4.69) is 27.6 Å². The average molecular weight is 290 g/mol. The first-order valence-corrected chi connectivity index (χ1v) is 4.99. The molecule has 0 aliphatic rings.